The van der Waals surface area contributed by atoms with Gasteiger partial charge in [-0.2, -0.15) is 20.1 Å². The zero-order valence-corrected chi connectivity index (χ0v) is 9.19. The summed E-state index contributed by atoms with van der Waals surface area (Å²) < 4.78 is 4.87. The summed E-state index contributed by atoms with van der Waals surface area (Å²) in [6, 6.07) is 2.01. The molecule has 2 heterocycles. The Morgan fingerprint density at radius 1 is 1.44 bits per heavy atom. The standard InChI is InChI=1S/C8H9ClN6O/c1-16-8-13-6(9)12-7(14-8)10-4-5-2-3-11-15-5/h2-3H,4H2,1H3,(H,11,15)(H,10,12,13,14). The predicted octanol–water partition coefficient (Wildman–Crippen LogP) is 0.869. The fraction of sp³-hybridized carbons (Fsp3) is 0.250. The average Bonchev–Trinajstić information content (AvgIpc) is 2.78. The molecule has 2 N–H and O–H groups in total. The Kier molecular flexibility index (Phi) is 3.16. The maximum Gasteiger partial charge on any atom is 0.322 e. The van der Waals surface area contributed by atoms with Gasteiger partial charge >= 0.3 is 6.01 Å². The second kappa shape index (κ2) is 4.75. The Balaban J connectivity index is 2.06. The van der Waals surface area contributed by atoms with E-state index in [2.05, 4.69) is 30.5 Å². The average molecular weight is 241 g/mol. The molecule has 0 aliphatic heterocycles. The highest BCUT2D eigenvalue weighted by Crippen LogP contribution is 2.11. The number of halogens is 1. The van der Waals surface area contributed by atoms with Crippen LogP contribution in [0.1, 0.15) is 5.69 Å². The van der Waals surface area contributed by atoms with Crippen molar-refractivity contribution >= 4 is 17.5 Å². The van der Waals surface area contributed by atoms with E-state index < -0.39 is 0 Å². The molecule has 0 spiro atoms. The van der Waals surface area contributed by atoms with Gasteiger partial charge in [0.05, 0.1) is 19.3 Å². The first-order valence-corrected chi connectivity index (χ1v) is 4.83. The van der Waals surface area contributed by atoms with Crippen molar-refractivity contribution in [2.24, 2.45) is 0 Å². The largest absolute Gasteiger partial charge is 0.467 e. The summed E-state index contributed by atoms with van der Waals surface area (Å²) in [5.74, 6) is 0.353. The van der Waals surface area contributed by atoms with Crippen molar-refractivity contribution in [2.75, 3.05) is 12.4 Å². The van der Waals surface area contributed by atoms with Gasteiger partial charge in [-0.25, -0.2) is 0 Å². The Morgan fingerprint density at radius 3 is 3.00 bits per heavy atom. The molecule has 7 nitrogen and oxygen atoms in total. The molecule has 2 aromatic heterocycles. The molecule has 0 aromatic carbocycles. The first kappa shape index (κ1) is 10.6. The molecule has 0 saturated heterocycles. The Labute approximate surface area is 96.2 Å². The first-order valence-electron chi connectivity index (χ1n) is 4.45. The summed E-state index contributed by atoms with van der Waals surface area (Å²) in [6.07, 6.45) is 1.66. The molecule has 0 radical (unpaired) electrons. The molecule has 0 bridgehead atoms. The van der Waals surface area contributed by atoms with Gasteiger partial charge in [0.1, 0.15) is 0 Å². The zero-order chi connectivity index (χ0) is 11.4. The summed E-state index contributed by atoms with van der Waals surface area (Å²) in [7, 11) is 1.46. The molecule has 0 saturated carbocycles. The van der Waals surface area contributed by atoms with Crippen LogP contribution in [0.3, 0.4) is 0 Å². The van der Waals surface area contributed by atoms with E-state index in [1.165, 1.54) is 7.11 Å². The third-order valence-electron chi connectivity index (χ3n) is 1.77. The second-order valence-electron chi connectivity index (χ2n) is 2.85. The van der Waals surface area contributed by atoms with Crippen LogP contribution in [0.2, 0.25) is 5.28 Å². The number of H-pyrrole nitrogens is 1. The van der Waals surface area contributed by atoms with Crippen molar-refractivity contribution in [3.8, 4) is 6.01 Å². The van der Waals surface area contributed by atoms with E-state index in [-0.39, 0.29) is 11.3 Å². The van der Waals surface area contributed by atoms with Gasteiger partial charge in [0.25, 0.3) is 0 Å². The minimum atomic E-state index is 0.0824. The van der Waals surface area contributed by atoms with Crippen LogP contribution in [-0.4, -0.2) is 32.3 Å². The number of ether oxygens (including phenoxy) is 1. The van der Waals surface area contributed by atoms with E-state index in [0.717, 1.165) is 5.69 Å². The summed E-state index contributed by atoms with van der Waals surface area (Å²) in [5, 5.41) is 9.67. The Hall–Kier alpha value is -1.89. The van der Waals surface area contributed by atoms with Crippen molar-refractivity contribution in [1.82, 2.24) is 25.1 Å². The van der Waals surface area contributed by atoms with Gasteiger partial charge in [-0.15, -0.1) is 0 Å². The number of rotatable bonds is 4. The molecule has 0 atom stereocenters. The molecule has 2 aromatic rings. The van der Waals surface area contributed by atoms with Gasteiger partial charge in [-0.1, -0.05) is 0 Å². The smallest absolute Gasteiger partial charge is 0.322 e. The van der Waals surface area contributed by atoms with Crippen LogP contribution in [0, 0.1) is 0 Å². The summed E-state index contributed by atoms with van der Waals surface area (Å²) >= 11 is 5.69. The highest BCUT2D eigenvalue weighted by atomic mass is 35.5. The minimum Gasteiger partial charge on any atom is -0.467 e. The number of nitrogens with zero attached hydrogens (tertiary/aromatic N) is 4. The van der Waals surface area contributed by atoms with Crippen LogP contribution in [0.4, 0.5) is 5.95 Å². The van der Waals surface area contributed by atoms with Gasteiger partial charge in [0.15, 0.2) is 0 Å². The lowest BCUT2D eigenvalue weighted by atomic mass is 10.4. The number of aromatic nitrogens is 5. The number of hydrogen-bond donors (Lipinski definition) is 2. The van der Waals surface area contributed by atoms with Crippen LogP contribution in [-0.2, 0) is 6.54 Å². The van der Waals surface area contributed by atoms with Crippen LogP contribution in [0.5, 0.6) is 6.01 Å². The fourth-order valence-electron chi connectivity index (χ4n) is 1.06. The molecular weight excluding hydrogens is 232 g/mol. The van der Waals surface area contributed by atoms with Gasteiger partial charge in [-0.3, -0.25) is 5.10 Å². The van der Waals surface area contributed by atoms with Crippen molar-refractivity contribution in [2.45, 2.75) is 6.54 Å². The molecule has 0 aliphatic rings. The first-order chi connectivity index (χ1) is 7.78. The van der Waals surface area contributed by atoms with Gasteiger partial charge in [0, 0.05) is 6.20 Å². The molecule has 16 heavy (non-hydrogen) atoms. The number of nitrogens with one attached hydrogen (secondary N) is 2. The number of anilines is 1. The van der Waals surface area contributed by atoms with E-state index in [1.807, 2.05) is 6.07 Å². The van der Waals surface area contributed by atoms with Crippen LogP contribution in [0.25, 0.3) is 0 Å². The molecule has 2 rings (SSSR count). The summed E-state index contributed by atoms with van der Waals surface area (Å²) in [4.78, 5) is 11.6. The highest BCUT2D eigenvalue weighted by molar-refractivity contribution is 6.28. The second-order valence-corrected chi connectivity index (χ2v) is 3.19. The quantitative estimate of drug-likeness (QED) is 0.824. The van der Waals surface area contributed by atoms with E-state index in [0.29, 0.717) is 12.5 Å². The Morgan fingerprint density at radius 2 is 2.31 bits per heavy atom. The summed E-state index contributed by atoms with van der Waals surface area (Å²) in [5.41, 5.74) is 0.913. The fourth-order valence-corrected chi connectivity index (χ4v) is 1.21. The maximum atomic E-state index is 5.69. The topological polar surface area (TPSA) is 88.6 Å². The lowest BCUT2D eigenvalue weighted by molar-refractivity contribution is 0.379. The number of hydrogen-bond acceptors (Lipinski definition) is 6. The molecule has 0 unspecified atom stereocenters. The lowest BCUT2D eigenvalue weighted by Gasteiger charge is -2.04. The SMILES string of the molecule is COc1nc(Cl)nc(NCc2ccn[nH]2)n1. The lowest BCUT2D eigenvalue weighted by Crippen LogP contribution is -2.06. The van der Waals surface area contributed by atoms with Crippen LogP contribution in [0.15, 0.2) is 12.3 Å². The molecule has 84 valence electrons. The zero-order valence-electron chi connectivity index (χ0n) is 8.44. The number of methoxy groups -OCH3 is 1. The van der Waals surface area contributed by atoms with E-state index in [1.54, 1.807) is 6.20 Å². The monoisotopic (exact) mass is 240 g/mol. The van der Waals surface area contributed by atoms with Gasteiger partial charge < -0.3 is 10.1 Å². The minimum absolute atomic E-state index is 0.0824. The normalized spacial score (nSPS) is 10.1. The van der Waals surface area contributed by atoms with Crippen LogP contribution < -0.4 is 10.1 Å². The number of aromatic amines is 1. The maximum absolute atomic E-state index is 5.69. The predicted molar refractivity (Wildman–Crippen MR) is 57.3 cm³/mol. The van der Waals surface area contributed by atoms with E-state index in [9.17, 15) is 0 Å². The third kappa shape index (κ3) is 2.57. The van der Waals surface area contributed by atoms with Crippen molar-refractivity contribution in [1.29, 1.82) is 0 Å². The molecular formula is C8H9ClN6O. The summed E-state index contributed by atoms with van der Waals surface area (Å²) in [6.45, 7) is 0.517. The van der Waals surface area contributed by atoms with Crippen molar-refractivity contribution in [3.05, 3.63) is 23.2 Å². The molecule has 0 aliphatic carbocycles. The van der Waals surface area contributed by atoms with Gasteiger partial charge in [-0.05, 0) is 17.7 Å². The van der Waals surface area contributed by atoms with Crippen LogP contribution >= 0.6 is 11.6 Å². The van der Waals surface area contributed by atoms with Crippen molar-refractivity contribution < 1.29 is 4.74 Å². The molecule has 8 heteroatoms. The molecule has 0 amide bonds. The third-order valence-corrected chi connectivity index (χ3v) is 1.93. The highest BCUT2D eigenvalue weighted by Gasteiger charge is 2.04. The Bertz CT molecular complexity index is 460. The van der Waals surface area contributed by atoms with E-state index in [4.69, 9.17) is 16.3 Å². The molecule has 0 fully saturated rings. The van der Waals surface area contributed by atoms with Gasteiger partial charge in [0.2, 0.25) is 11.2 Å². The van der Waals surface area contributed by atoms with E-state index >= 15 is 0 Å². The van der Waals surface area contributed by atoms with Crippen molar-refractivity contribution in [3.63, 3.8) is 0 Å².